The lowest BCUT2D eigenvalue weighted by atomic mass is 9.95. The second-order valence-corrected chi connectivity index (χ2v) is 4.72. The van der Waals surface area contributed by atoms with Gasteiger partial charge >= 0.3 is 0 Å². The van der Waals surface area contributed by atoms with Crippen LogP contribution in [0.15, 0.2) is 24.3 Å². The summed E-state index contributed by atoms with van der Waals surface area (Å²) < 4.78 is 0. The summed E-state index contributed by atoms with van der Waals surface area (Å²) in [5, 5.41) is 0. The molecule has 0 heterocycles. The molecule has 0 aliphatic heterocycles. The molecule has 0 bridgehead atoms. The van der Waals surface area contributed by atoms with Gasteiger partial charge in [0, 0.05) is 24.0 Å². The van der Waals surface area contributed by atoms with Gasteiger partial charge in [0.1, 0.15) is 0 Å². The Balaban J connectivity index is 3.31. The third-order valence-corrected chi connectivity index (χ3v) is 3.26. The van der Waals surface area contributed by atoms with Crippen molar-refractivity contribution < 1.29 is 9.59 Å². The van der Waals surface area contributed by atoms with E-state index in [0.717, 1.165) is 17.6 Å². The molecule has 2 nitrogen and oxygen atoms in total. The zero-order valence-electron chi connectivity index (χ0n) is 12.2. The van der Waals surface area contributed by atoms with Gasteiger partial charge in [0.25, 0.3) is 0 Å². The van der Waals surface area contributed by atoms with E-state index in [0.29, 0.717) is 24.0 Å². The van der Waals surface area contributed by atoms with Crippen molar-refractivity contribution in [1.29, 1.82) is 0 Å². The van der Waals surface area contributed by atoms with Crippen molar-refractivity contribution in [1.82, 2.24) is 0 Å². The minimum Gasteiger partial charge on any atom is -0.294 e. The Kier molecular flexibility index (Phi) is 5.68. The van der Waals surface area contributed by atoms with Crippen LogP contribution in [-0.4, -0.2) is 11.6 Å². The number of carbonyl (C=O) groups excluding carboxylic acids is 2. The van der Waals surface area contributed by atoms with E-state index in [-0.39, 0.29) is 11.6 Å². The number of hydrogen-bond acceptors (Lipinski definition) is 2. The third-order valence-electron chi connectivity index (χ3n) is 3.26. The van der Waals surface area contributed by atoms with E-state index < -0.39 is 0 Å². The Hall–Kier alpha value is -1.70. The Labute approximate surface area is 115 Å². The number of allylic oxidation sites excluding steroid dienone is 2. The fourth-order valence-electron chi connectivity index (χ4n) is 1.92. The van der Waals surface area contributed by atoms with Crippen LogP contribution >= 0.6 is 0 Å². The Morgan fingerprint density at radius 2 is 1.53 bits per heavy atom. The van der Waals surface area contributed by atoms with Crippen molar-refractivity contribution in [3.05, 3.63) is 41.0 Å². The van der Waals surface area contributed by atoms with E-state index in [1.54, 1.807) is 6.07 Å². The van der Waals surface area contributed by atoms with E-state index in [1.807, 2.05) is 45.9 Å². The highest BCUT2D eigenvalue weighted by atomic mass is 16.1. The molecule has 0 spiro atoms. The van der Waals surface area contributed by atoms with Crippen LogP contribution in [0.3, 0.4) is 0 Å². The molecule has 0 fully saturated rings. The molecule has 0 radical (unpaired) electrons. The zero-order valence-corrected chi connectivity index (χ0v) is 12.2. The number of benzene rings is 1. The second kappa shape index (κ2) is 7.03. The number of rotatable bonds is 6. The van der Waals surface area contributed by atoms with Crippen molar-refractivity contribution in [3.8, 4) is 0 Å². The van der Waals surface area contributed by atoms with Gasteiger partial charge < -0.3 is 0 Å². The fourth-order valence-corrected chi connectivity index (χ4v) is 1.92. The summed E-state index contributed by atoms with van der Waals surface area (Å²) in [6.45, 7) is 7.77. The summed E-state index contributed by atoms with van der Waals surface area (Å²) in [5.41, 5.74) is 3.33. The Bertz CT molecular complexity index is 510. The molecule has 1 aromatic carbocycles. The van der Waals surface area contributed by atoms with Gasteiger partial charge in [0.05, 0.1) is 0 Å². The van der Waals surface area contributed by atoms with Crippen molar-refractivity contribution in [2.75, 3.05) is 0 Å². The first-order chi connectivity index (χ1) is 9.03. The molecule has 0 atom stereocenters. The molecule has 19 heavy (non-hydrogen) atoms. The highest BCUT2D eigenvalue weighted by molar-refractivity contribution is 6.02. The Morgan fingerprint density at radius 1 is 1.00 bits per heavy atom. The average Bonchev–Trinajstić information content (AvgIpc) is 2.45. The minimum atomic E-state index is 0.0799. The maximum atomic E-state index is 12.0. The first kappa shape index (κ1) is 15.4. The largest absolute Gasteiger partial charge is 0.294 e. The molecular weight excluding hydrogens is 236 g/mol. The predicted molar refractivity (Wildman–Crippen MR) is 79.6 cm³/mol. The topological polar surface area (TPSA) is 34.1 Å². The van der Waals surface area contributed by atoms with E-state index in [4.69, 9.17) is 0 Å². The molecule has 0 amide bonds. The van der Waals surface area contributed by atoms with Crippen molar-refractivity contribution >= 4 is 17.1 Å². The van der Waals surface area contributed by atoms with Crippen LogP contribution in [0.1, 0.15) is 73.2 Å². The third kappa shape index (κ3) is 3.88. The molecule has 102 valence electrons. The van der Waals surface area contributed by atoms with Crippen LogP contribution in [0.5, 0.6) is 0 Å². The second-order valence-electron chi connectivity index (χ2n) is 4.72. The smallest absolute Gasteiger partial charge is 0.162 e. The van der Waals surface area contributed by atoms with Gasteiger partial charge in [-0.05, 0) is 49.6 Å². The first-order valence-corrected chi connectivity index (χ1v) is 6.88. The van der Waals surface area contributed by atoms with Crippen LogP contribution in [-0.2, 0) is 0 Å². The normalized spacial score (nSPS) is 11.5. The SMILES string of the molecule is C/C=C(/C)c1cc(C(=O)CC)cc(C(=O)CCC)c1. The molecule has 0 saturated carbocycles. The minimum absolute atomic E-state index is 0.0799. The summed E-state index contributed by atoms with van der Waals surface area (Å²) in [4.78, 5) is 23.9. The fraction of sp³-hybridized carbons (Fsp3) is 0.412. The van der Waals surface area contributed by atoms with Gasteiger partial charge in [0.15, 0.2) is 11.6 Å². The summed E-state index contributed by atoms with van der Waals surface area (Å²) in [5.74, 6) is 0.190. The summed E-state index contributed by atoms with van der Waals surface area (Å²) in [6, 6.07) is 5.50. The molecule has 1 rings (SSSR count). The molecule has 0 aromatic heterocycles. The van der Waals surface area contributed by atoms with Gasteiger partial charge in [-0.1, -0.05) is 19.9 Å². The highest BCUT2D eigenvalue weighted by Gasteiger charge is 2.12. The van der Waals surface area contributed by atoms with Crippen molar-refractivity contribution in [3.63, 3.8) is 0 Å². The van der Waals surface area contributed by atoms with E-state index in [9.17, 15) is 9.59 Å². The van der Waals surface area contributed by atoms with E-state index in [2.05, 4.69) is 0 Å². The molecule has 1 aromatic rings. The Morgan fingerprint density at radius 3 is 2.00 bits per heavy atom. The van der Waals surface area contributed by atoms with Gasteiger partial charge in [-0.15, -0.1) is 0 Å². The lowest BCUT2D eigenvalue weighted by Gasteiger charge is -2.08. The zero-order chi connectivity index (χ0) is 14.4. The molecular formula is C17H22O2. The van der Waals surface area contributed by atoms with Gasteiger partial charge in [-0.2, -0.15) is 0 Å². The summed E-state index contributed by atoms with van der Waals surface area (Å²) in [6.07, 6.45) is 3.80. The van der Waals surface area contributed by atoms with Gasteiger partial charge in [-0.25, -0.2) is 0 Å². The van der Waals surface area contributed by atoms with Crippen LogP contribution < -0.4 is 0 Å². The molecule has 0 N–H and O–H groups in total. The maximum absolute atomic E-state index is 12.0. The van der Waals surface area contributed by atoms with E-state index in [1.165, 1.54) is 0 Å². The quantitative estimate of drug-likeness (QED) is 0.694. The summed E-state index contributed by atoms with van der Waals surface area (Å²) >= 11 is 0. The maximum Gasteiger partial charge on any atom is 0.162 e. The number of hydrogen-bond donors (Lipinski definition) is 0. The molecule has 0 aliphatic carbocycles. The van der Waals surface area contributed by atoms with Crippen LogP contribution in [0.4, 0.5) is 0 Å². The van der Waals surface area contributed by atoms with Gasteiger partial charge in [-0.3, -0.25) is 9.59 Å². The monoisotopic (exact) mass is 258 g/mol. The predicted octanol–water partition coefficient (Wildman–Crippen LogP) is 4.69. The number of Topliss-reactive ketones (excluding diaryl/α,β-unsaturated/α-hetero) is 2. The average molecular weight is 258 g/mol. The van der Waals surface area contributed by atoms with Crippen LogP contribution in [0.25, 0.3) is 5.57 Å². The summed E-state index contributed by atoms with van der Waals surface area (Å²) in [7, 11) is 0. The van der Waals surface area contributed by atoms with Crippen LogP contribution in [0.2, 0.25) is 0 Å². The van der Waals surface area contributed by atoms with Crippen molar-refractivity contribution in [2.24, 2.45) is 0 Å². The molecule has 0 unspecified atom stereocenters. The van der Waals surface area contributed by atoms with Crippen LogP contribution in [0, 0.1) is 0 Å². The number of carbonyl (C=O) groups is 2. The highest BCUT2D eigenvalue weighted by Crippen LogP contribution is 2.20. The molecule has 0 aliphatic rings. The molecule has 2 heteroatoms. The lowest BCUT2D eigenvalue weighted by Crippen LogP contribution is -2.04. The molecule has 0 saturated heterocycles. The lowest BCUT2D eigenvalue weighted by molar-refractivity contribution is 0.0981. The standard InChI is InChI=1S/C17H22O2/c1-5-8-17(19)15-10-13(12(4)6-2)9-14(11-15)16(18)7-3/h6,9-11H,5,7-8H2,1-4H3/b12-6-. The number of ketones is 2. The first-order valence-electron chi connectivity index (χ1n) is 6.88. The van der Waals surface area contributed by atoms with E-state index >= 15 is 0 Å². The van der Waals surface area contributed by atoms with Crippen molar-refractivity contribution in [2.45, 2.75) is 47.0 Å². The van der Waals surface area contributed by atoms with Gasteiger partial charge in [0.2, 0.25) is 0 Å².